The lowest BCUT2D eigenvalue weighted by Gasteiger charge is -2.43. The second-order valence-corrected chi connectivity index (χ2v) is 8.51. The van der Waals surface area contributed by atoms with Gasteiger partial charge in [0.2, 0.25) is 0 Å². The highest BCUT2D eigenvalue weighted by Crippen LogP contribution is 2.38. The lowest BCUT2D eigenvalue weighted by molar-refractivity contribution is -0.0978. The number of allylic oxidation sites excluding steroid dienone is 1. The van der Waals surface area contributed by atoms with E-state index in [-0.39, 0.29) is 24.2 Å². The van der Waals surface area contributed by atoms with Gasteiger partial charge in [-0.1, -0.05) is 30.7 Å². The van der Waals surface area contributed by atoms with Crippen molar-refractivity contribution < 1.29 is 14.6 Å². The van der Waals surface area contributed by atoms with Gasteiger partial charge < -0.3 is 15.5 Å². The fourth-order valence-corrected chi connectivity index (χ4v) is 5.37. The summed E-state index contributed by atoms with van der Waals surface area (Å²) in [5, 5.41) is 26.5. The Morgan fingerprint density at radius 3 is 2.85 bits per heavy atom. The highest BCUT2D eigenvalue weighted by Gasteiger charge is 2.43. The van der Waals surface area contributed by atoms with Crippen molar-refractivity contribution in [3.05, 3.63) is 23.8 Å². The van der Waals surface area contributed by atoms with E-state index >= 15 is 0 Å². The highest BCUT2D eigenvalue weighted by molar-refractivity contribution is 5.24. The van der Waals surface area contributed by atoms with Gasteiger partial charge in [0.25, 0.3) is 0 Å². The van der Waals surface area contributed by atoms with E-state index in [0.29, 0.717) is 18.4 Å². The minimum atomic E-state index is -1.30. The summed E-state index contributed by atoms with van der Waals surface area (Å²) in [7, 11) is 0. The van der Waals surface area contributed by atoms with E-state index < -0.39 is 12.5 Å². The van der Waals surface area contributed by atoms with Crippen LogP contribution >= 0.6 is 0 Å². The zero-order chi connectivity index (χ0) is 18.3. The molecule has 0 bridgehead atoms. The van der Waals surface area contributed by atoms with Crippen LogP contribution in [0.5, 0.6) is 0 Å². The third-order valence-electron chi connectivity index (χ3n) is 6.83. The Morgan fingerprint density at radius 1 is 1.23 bits per heavy atom. The molecule has 3 heterocycles. The number of fused-ring (bicyclic) bond motifs is 1. The standard InChI is InChI=1S/C20H32FN3O2/c1-12-9-13(4-6-16(12)21)19-15(3-2-8-22-19)14-5-7-18-23-10-17(20(25)26)24(18)11-14/h3-4,6,12-14,16-20,22-23,25-26H,2,5,7-11H2,1H3. The first kappa shape index (κ1) is 18.6. The number of alkyl halides is 1. The maximum atomic E-state index is 13.9. The summed E-state index contributed by atoms with van der Waals surface area (Å²) in [5.41, 5.74) is 1.45. The lowest BCUT2D eigenvalue weighted by Crippen LogP contribution is -2.52. The highest BCUT2D eigenvalue weighted by atomic mass is 19.1. The molecule has 5 nitrogen and oxygen atoms in total. The second kappa shape index (κ2) is 7.68. The predicted molar refractivity (Wildman–Crippen MR) is 99.0 cm³/mol. The SMILES string of the molecule is CC1CC(C2NCCC=C2C2CCC3NCC(C(O)O)N3C2)C=CC1F. The van der Waals surface area contributed by atoms with Crippen molar-refractivity contribution in [3.63, 3.8) is 0 Å². The molecule has 7 atom stereocenters. The van der Waals surface area contributed by atoms with Crippen LogP contribution in [0.25, 0.3) is 0 Å². The molecule has 7 unspecified atom stereocenters. The van der Waals surface area contributed by atoms with Crippen molar-refractivity contribution >= 4 is 0 Å². The van der Waals surface area contributed by atoms with Crippen molar-refractivity contribution in [1.29, 1.82) is 0 Å². The molecule has 6 heteroatoms. The van der Waals surface area contributed by atoms with Crippen LogP contribution in [0.15, 0.2) is 23.8 Å². The van der Waals surface area contributed by atoms with Crippen molar-refractivity contribution in [2.45, 2.75) is 63.3 Å². The number of nitrogens with one attached hydrogen (secondary N) is 2. The van der Waals surface area contributed by atoms with Crippen LogP contribution in [0.3, 0.4) is 0 Å². The Labute approximate surface area is 155 Å². The Hall–Kier alpha value is -0.790. The van der Waals surface area contributed by atoms with E-state index in [9.17, 15) is 14.6 Å². The van der Waals surface area contributed by atoms with Crippen LogP contribution in [-0.4, -0.2) is 65.5 Å². The molecule has 4 N–H and O–H groups in total. The molecule has 1 aliphatic carbocycles. The van der Waals surface area contributed by atoms with E-state index in [1.54, 1.807) is 6.08 Å². The first-order valence-electron chi connectivity index (χ1n) is 10.2. The summed E-state index contributed by atoms with van der Waals surface area (Å²) in [6.45, 7) is 4.48. The van der Waals surface area contributed by atoms with Crippen LogP contribution in [0, 0.1) is 17.8 Å². The quantitative estimate of drug-likeness (QED) is 0.446. The van der Waals surface area contributed by atoms with Crippen LogP contribution in [0.2, 0.25) is 0 Å². The summed E-state index contributed by atoms with van der Waals surface area (Å²) in [6, 6.07) is 0.0601. The lowest BCUT2D eigenvalue weighted by atomic mass is 9.74. The molecule has 4 aliphatic rings. The Balaban J connectivity index is 1.50. The smallest absolute Gasteiger partial charge is 0.168 e. The van der Waals surface area contributed by atoms with Gasteiger partial charge in [0.05, 0.1) is 12.2 Å². The molecule has 26 heavy (non-hydrogen) atoms. The number of hydrogen-bond acceptors (Lipinski definition) is 5. The summed E-state index contributed by atoms with van der Waals surface area (Å²) in [6.07, 6.45) is 8.40. The van der Waals surface area contributed by atoms with Crippen LogP contribution in [-0.2, 0) is 0 Å². The fourth-order valence-electron chi connectivity index (χ4n) is 5.37. The molecule has 0 saturated carbocycles. The molecule has 0 aromatic heterocycles. The predicted octanol–water partition coefficient (Wildman–Crippen LogP) is 1.15. The summed E-state index contributed by atoms with van der Waals surface area (Å²) in [4.78, 5) is 2.24. The van der Waals surface area contributed by atoms with Gasteiger partial charge in [-0.05, 0) is 50.0 Å². The van der Waals surface area contributed by atoms with Gasteiger partial charge in [-0.2, -0.15) is 0 Å². The minimum Gasteiger partial charge on any atom is -0.367 e. The monoisotopic (exact) mass is 365 g/mol. The molecule has 4 rings (SSSR count). The van der Waals surface area contributed by atoms with Gasteiger partial charge in [-0.15, -0.1) is 0 Å². The Bertz CT molecular complexity index is 567. The van der Waals surface area contributed by atoms with Gasteiger partial charge in [0.1, 0.15) is 6.17 Å². The molecule has 0 aromatic carbocycles. The molecule has 0 spiro atoms. The number of hydrogen-bond donors (Lipinski definition) is 4. The van der Waals surface area contributed by atoms with E-state index in [0.717, 1.165) is 38.8 Å². The number of rotatable bonds is 3. The fraction of sp³-hybridized carbons (Fsp3) is 0.800. The third-order valence-corrected chi connectivity index (χ3v) is 6.83. The number of aliphatic hydroxyl groups excluding tert-OH is 1. The molecular formula is C20H32FN3O2. The van der Waals surface area contributed by atoms with Crippen LogP contribution in [0.1, 0.15) is 32.6 Å². The summed E-state index contributed by atoms with van der Waals surface area (Å²) in [5.74, 6) is 0.844. The normalized spacial score (nSPS) is 44.2. The number of halogens is 1. The molecule has 0 amide bonds. The van der Waals surface area contributed by atoms with Gasteiger partial charge in [0, 0.05) is 19.1 Å². The van der Waals surface area contributed by atoms with Crippen molar-refractivity contribution in [2.75, 3.05) is 19.6 Å². The topological polar surface area (TPSA) is 67.8 Å². The van der Waals surface area contributed by atoms with E-state index in [1.807, 2.05) is 6.92 Å². The Kier molecular flexibility index (Phi) is 5.48. The second-order valence-electron chi connectivity index (χ2n) is 8.51. The van der Waals surface area contributed by atoms with Gasteiger partial charge >= 0.3 is 0 Å². The number of piperidine rings is 1. The molecule has 2 saturated heterocycles. The zero-order valence-corrected chi connectivity index (χ0v) is 15.5. The molecule has 146 valence electrons. The van der Waals surface area contributed by atoms with Crippen molar-refractivity contribution in [2.24, 2.45) is 17.8 Å². The average Bonchev–Trinajstić information content (AvgIpc) is 3.07. The first-order valence-corrected chi connectivity index (χ1v) is 10.2. The summed E-state index contributed by atoms with van der Waals surface area (Å²) < 4.78 is 13.9. The maximum Gasteiger partial charge on any atom is 0.168 e. The average molecular weight is 365 g/mol. The maximum absolute atomic E-state index is 13.9. The van der Waals surface area contributed by atoms with Crippen LogP contribution < -0.4 is 10.6 Å². The molecule has 0 aromatic rings. The van der Waals surface area contributed by atoms with Gasteiger partial charge in [0.15, 0.2) is 6.29 Å². The van der Waals surface area contributed by atoms with Crippen molar-refractivity contribution in [1.82, 2.24) is 15.5 Å². The third kappa shape index (κ3) is 3.50. The number of aliphatic hydroxyl groups is 2. The molecule has 0 radical (unpaired) electrons. The Morgan fingerprint density at radius 2 is 2.08 bits per heavy atom. The van der Waals surface area contributed by atoms with Gasteiger partial charge in [-0.3, -0.25) is 10.2 Å². The van der Waals surface area contributed by atoms with E-state index in [4.69, 9.17) is 0 Å². The van der Waals surface area contributed by atoms with E-state index in [2.05, 4.69) is 27.7 Å². The van der Waals surface area contributed by atoms with Crippen LogP contribution in [0.4, 0.5) is 4.39 Å². The van der Waals surface area contributed by atoms with Crippen molar-refractivity contribution in [3.8, 4) is 0 Å². The molecule has 2 fully saturated rings. The van der Waals surface area contributed by atoms with E-state index in [1.165, 1.54) is 5.57 Å². The van der Waals surface area contributed by atoms with Gasteiger partial charge in [-0.25, -0.2) is 4.39 Å². The first-order chi connectivity index (χ1) is 12.5. The minimum absolute atomic E-state index is 0.0717. The zero-order valence-electron chi connectivity index (χ0n) is 15.5. The molecular weight excluding hydrogens is 333 g/mol. The number of nitrogens with zero attached hydrogens (tertiary/aromatic N) is 1. The largest absolute Gasteiger partial charge is 0.367 e. The molecule has 3 aliphatic heterocycles. The summed E-state index contributed by atoms with van der Waals surface area (Å²) >= 11 is 0.